The average Bonchev–Trinajstić information content (AvgIpc) is 2.84. The highest BCUT2D eigenvalue weighted by atomic mass is 35.5. The molecule has 27 heavy (non-hydrogen) atoms. The summed E-state index contributed by atoms with van der Waals surface area (Å²) in [5.41, 5.74) is 2.83. The van der Waals surface area contributed by atoms with Gasteiger partial charge in [-0.25, -0.2) is 4.68 Å². The molecule has 0 amide bonds. The summed E-state index contributed by atoms with van der Waals surface area (Å²) >= 11 is 12.6. The molecule has 2 heterocycles. The second-order valence-corrected chi connectivity index (χ2v) is 7.19. The number of benzene rings is 2. The number of aromatic nitrogens is 2. The first kappa shape index (κ1) is 17.8. The monoisotopic (exact) mass is 402 g/mol. The number of halogens is 2. The number of nitro groups is 1. The van der Waals surface area contributed by atoms with Crippen molar-refractivity contribution in [1.82, 2.24) is 9.78 Å². The Morgan fingerprint density at radius 1 is 1.15 bits per heavy atom. The molecule has 6 nitrogen and oxygen atoms in total. The Morgan fingerprint density at radius 3 is 2.78 bits per heavy atom. The predicted molar refractivity (Wildman–Crippen MR) is 107 cm³/mol. The van der Waals surface area contributed by atoms with E-state index in [1.54, 1.807) is 41.1 Å². The van der Waals surface area contributed by atoms with Gasteiger partial charge in [-0.1, -0.05) is 35.3 Å². The van der Waals surface area contributed by atoms with Crippen molar-refractivity contribution >= 4 is 34.7 Å². The molecule has 1 aromatic heterocycles. The topological polar surface area (TPSA) is 73.0 Å². The van der Waals surface area contributed by atoms with E-state index in [1.165, 1.54) is 6.07 Å². The van der Waals surface area contributed by atoms with Crippen LogP contribution in [0, 0.1) is 10.1 Å². The van der Waals surface area contributed by atoms with E-state index in [4.69, 9.17) is 28.3 Å². The average molecular weight is 403 g/mol. The summed E-state index contributed by atoms with van der Waals surface area (Å²) in [6.07, 6.45) is 2.81. The number of hydrogen-bond acceptors (Lipinski definition) is 4. The molecule has 0 radical (unpaired) electrons. The zero-order chi connectivity index (χ0) is 19.0. The Labute approximate surface area is 165 Å². The number of anilines is 1. The molecule has 0 saturated heterocycles. The minimum atomic E-state index is -0.397. The van der Waals surface area contributed by atoms with Crippen molar-refractivity contribution in [2.45, 2.75) is 19.3 Å². The Balaban J connectivity index is 1.99. The predicted octanol–water partition coefficient (Wildman–Crippen LogP) is 5.50. The normalized spacial score (nSPS) is 13.6. The van der Waals surface area contributed by atoms with Crippen LogP contribution in [0.2, 0.25) is 10.0 Å². The summed E-state index contributed by atoms with van der Waals surface area (Å²) in [7, 11) is 0. The molecule has 3 aromatic rings. The third-order valence-corrected chi connectivity index (χ3v) is 5.18. The summed E-state index contributed by atoms with van der Waals surface area (Å²) in [5.74, 6) is 0.771. The zero-order valence-corrected chi connectivity index (χ0v) is 15.8. The Bertz CT molecular complexity index is 1030. The first-order valence-corrected chi connectivity index (χ1v) is 9.37. The third kappa shape index (κ3) is 3.26. The Kier molecular flexibility index (Phi) is 4.76. The molecule has 2 aromatic carbocycles. The second-order valence-electron chi connectivity index (χ2n) is 6.34. The lowest BCUT2D eigenvalue weighted by Gasteiger charge is -2.09. The fourth-order valence-electron chi connectivity index (χ4n) is 3.37. The maximum absolute atomic E-state index is 11.5. The first-order valence-electron chi connectivity index (χ1n) is 8.61. The van der Waals surface area contributed by atoms with Crippen LogP contribution in [0.25, 0.3) is 16.9 Å². The summed E-state index contributed by atoms with van der Waals surface area (Å²) in [6.45, 7) is 0.780. The van der Waals surface area contributed by atoms with E-state index in [0.29, 0.717) is 21.4 Å². The van der Waals surface area contributed by atoms with Gasteiger partial charge in [-0.05, 0) is 43.5 Å². The van der Waals surface area contributed by atoms with Crippen LogP contribution < -0.4 is 5.32 Å². The summed E-state index contributed by atoms with van der Waals surface area (Å²) in [5, 5.41) is 20.7. The third-order valence-electron chi connectivity index (χ3n) is 4.62. The van der Waals surface area contributed by atoms with Gasteiger partial charge in [0.2, 0.25) is 0 Å². The highest BCUT2D eigenvalue weighted by molar-refractivity contribution is 6.35. The molecule has 0 unspecified atom stereocenters. The lowest BCUT2D eigenvalue weighted by Crippen LogP contribution is -2.08. The molecule has 1 aliphatic rings. The van der Waals surface area contributed by atoms with Crippen LogP contribution in [-0.2, 0) is 6.42 Å². The maximum Gasteiger partial charge on any atom is 0.294 e. The van der Waals surface area contributed by atoms with Gasteiger partial charge >= 0.3 is 0 Å². The maximum atomic E-state index is 11.5. The molecule has 4 rings (SSSR count). The van der Waals surface area contributed by atoms with Crippen LogP contribution >= 0.6 is 23.2 Å². The van der Waals surface area contributed by atoms with Gasteiger partial charge in [-0.2, -0.15) is 5.10 Å². The van der Waals surface area contributed by atoms with E-state index in [-0.39, 0.29) is 5.69 Å². The number of nitrogens with one attached hydrogen (secondary N) is 1. The van der Waals surface area contributed by atoms with E-state index in [0.717, 1.165) is 42.8 Å². The number of para-hydroxylation sites is 2. The molecule has 0 spiro atoms. The quantitative estimate of drug-likeness (QED) is 0.463. The van der Waals surface area contributed by atoms with Crippen molar-refractivity contribution in [1.29, 1.82) is 0 Å². The van der Waals surface area contributed by atoms with Gasteiger partial charge in [0, 0.05) is 28.8 Å². The van der Waals surface area contributed by atoms with E-state index < -0.39 is 4.92 Å². The van der Waals surface area contributed by atoms with Gasteiger partial charge in [0.1, 0.15) is 11.5 Å². The lowest BCUT2D eigenvalue weighted by molar-refractivity contribution is -0.384. The van der Waals surface area contributed by atoms with E-state index in [1.807, 2.05) is 0 Å². The highest BCUT2D eigenvalue weighted by Gasteiger charge is 2.26. The number of nitro benzene ring substituents is 1. The summed E-state index contributed by atoms with van der Waals surface area (Å²) in [4.78, 5) is 11.1. The molecule has 138 valence electrons. The molecule has 0 atom stereocenters. The first-order chi connectivity index (χ1) is 13.1. The van der Waals surface area contributed by atoms with Crippen LogP contribution in [0.3, 0.4) is 0 Å². The Morgan fingerprint density at radius 2 is 1.96 bits per heavy atom. The minimum absolute atomic E-state index is 0.00223. The van der Waals surface area contributed by atoms with Crippen LogP contribution in [0.5, 0.6) is 0 Å². The van der Waals surface area contributed by atoms with Crippen molar-refractivity contribution in [3.63, 3.8) is 0 Å². The van der Waals surface area contributed by atoms with Crippen molar-refractivity contribution in [3.05, 3.63) is 68.2 Å². The van der Waals surface area contributed by atoms with Gasteiger partial charge in [0.05, 0.1) is 15.6 Å². The molecule has 8 heteroatoms. The molecule has 0 bridgehead atoms. The summed E-state index contributed by atoms with van der Waals surface area (Å²) < 4.78 is 1.62. The molecule has 0 saturated carbocycles. The minimum Gasteiger partial charge on any atom is -0.370 e. The lowest BCUT2D eigenvalue weighted by atomic mass is 10.0. The largest absolute Gasteiger partial charge is 0.370 e. The van der Waals surface area contributed by atoms with Gasteiger partial charge in [-0.3, -0.25) is 10.1 Å². The van der Waals surface area contributed by atoms with E-state index >= 15 is 0 Å². The molecular formula is C19H16Cl2N4O2. The van der Waals surface area contributed by atoms with Crippen molar-refractivity contribution < 1.29 is 4.92 Å². The van der Waals surface area contributed by atoms with Crippen molar-refractivity contribution in [3.8, 4) is 16.9 Å². The fraction of sp³-hybridized carbons (Fsp3) is 0.211. The molecular weight excluding hydrogens is 387 g/mol. The van der Waals surface area contributed by atoms with Gasteiger partial charge in [-0.15, -0.1) is 0 Å². The van der Waals surface area contributed by atoms with Gasteiger partial charge in [0.15, 0.2) is 0 Å². The number of nitrogens with zero attached hydrogens (tertiary/aromatic N) is 3. The van der Waals surface area contributed by atoms with Crippen LogP contribution in [0.4, 0.5) is 11.5 Å². The van der Waals surface area contributed by atoms with Crippen molar-refractivity contribution in [2.75, 3.05) is 11.9 Å². The number of rotatable bonds is 3. The fourth-order valence-corrected chi connectivity index (χ4v) is 3.75. The zero-order valence-electron chi connectivity index (χ0n) is 14.3. The number of fused-ring (bicyclic) bond motifs is 1. The highest BCUT2D eigenvalue weighted by Crippen LogP contribution is 2.39. The van der Waals surface area contributed by atoms with Crippen LogP contribution in [0.1, 0.15) is 18.4 Å². The molecule has 0 fully saturated rings. The van der Waals surface area contributed by atoms with Crippen LogP contribution in [-0.4, -0.2) is 21.2 Å². The summed E-state index contributed by atoms with van der Waals surface area (Å²) in [6, 6.07) is 11.8. The molecule has 0 aliphatic carbocycles. The van der Waals surface area contributed by atoms with Gasteiger partial charge < -0.3 is 5.32 Å². The standard InChI is InChI=1S/C19H16Cl2N4O2/c20-12-8-9-15(21)14(11-12)18-13-5-3-4-10-22-19(13)24(23-18)16-6-1-2-7-17(16)25(26)27/h1-2,6-9,11,22H,3-5,10H2. The van der Waals surface area contributed by atoms with Gasteiger partial charge in [0.25, 0.3) is 5.69 Å². The van der Waals surface area contributed by atoms with Crippen LogP contribution in [0.15, 0.2) is 42.5 Å². The SMILES string of the molecule is O=[N+]([O-])c1ccccc1-n1nc(-c2cc(Cl)ccc2Cl)c2c1NCCCC2. The second kappa shape index (κ2) is 7.21. The van der Waals surface area contributed by atoms with E-state index in [9.17, 15) is 10.1 Å². The molecule has 1 aliphatic heterocycles. The van der Waals surface area contributed by atoms with E-state index in [2.05, 4.69) is 5.32 Å². The Hall–Kier alpha value is -2.57. The smallest absolute Gasteiger partial charge is 0.294 e. The number of hydrogen-bond donors (Lipinski definition) is 1. The molecule has 1 N–H and O–H groups in total. The van der Waals surface area contributed by atoms with Crippen molar-refractivity contribution in [2.24, 2.45) is 0 Å².